The Kier molecular flexibility index (Phi) is 16.2. The fourth-order valence-corrected chi connectivity index (χ4v) is 2.69. The lowest BCUT2D eigenvalue weighted by atomic mass is 10.00. The van der Waals surface area contributed by atoms with Crippen LogP contribution in [0, 0.1) is 0 Å². The average Bonchev–Trinajstić information content (AvgIpc) is 2.49. The fourth-order valence-electron chi connectivity index (χ4n) is 2.69. The molecule has 0 aliphatic heterocycles. The topological polar surface area (TPSA) is 60.7 Å². The van der Waals surface area contributed by atoms with Gasteiger partial charge in [0.05, 0.1) is 12.2 Å². The molecule has 0 saturated carbocycles. The minimum absolute atomic E-state index is 0.219. The molecule has 128 valence electrons. The second-order valence-electron chi connectivity index (χ2n) is 6.32. The molecule has 0 saturated heterocycles. The van der Waals surface area contributed by atoms with E-state index in [4.69, 9.17) is 5.11 Å². The van der Waals surface area contributed by atoms with Crippen molar-refractivity contribution in [2.75, 3.05) is 6.61 Å². The molecule has 2 unspecified atom stereocenters. The number of unbranched alkanes of at least 4 members (excludes halogenated alkanes) is 10. The van der Waals surface area contributed by atoms with E-state index in [9.17, 15) is 10.2 Å². The molecule has 3 nitrogen and oxygen atoms in total. The molecule has 0 rings (SSSR count). The number of hydrogen-bond donors (Lipinski definition) is 3. The summed E-state index contributed by atoms with van der Waals surface area (Å²) in [5.41, 5.74) is 0. The van der Waals surface area contributed by atoms with Crippen LogP contribution in [0.15, 0.2) is 0 Å². The summed E-state index contributed by atoms with van der Waals surface area (Å²) < 4.78 is 0. The first-order valence-corrected chi connectivity index (χ1v) is 9.19. The summed E-state index contributed by atoms with van der Waals surface area (Å²) in [6.45, 7) is 2.46. The zero-order valence-electron chi connectivity index (χ0n) is 14.1. The van der Waals surface area contributed by atoms with Gasteiger partial charge in [0.1, 0.15) is 0 Å². The van der Waals surface area contributed by atoms with Crippen LogP contribution < -0.4 is 0 Å². The smallest absolute Gasteiger partial charge is 0.0799 e. The van der Waals surface area contributed by atoms with E-state index in [1.807, 2.05) is 0 Å². The van der Waals surface area contributed by atoms with Crippen molar-refractivity contribution >= 4 is 0 Å². The first-order chi connectivity index (χ1) is 10.2. The molecule has 0 bridgehead atoms. The first kappa shape index (κ1) is 20.9. The highest BCUT2D eigenvalue weighted by Crippen LogP contribution is 2.14. The maximum atomic E-state index is 9.87. The summed E-state index contributed by atoms with van der Waals surface area (Å²) in [5.74, 6) is 0. The molecule has 0 aromatic rings. The lowest BCUT2D eigenvalue weighted by Gasteiger charge is -2.17. The largest absolute Gasteiger partial charge is 0.396 e. The summed E-state index contributed by atoms with van der Waals surface area (Å²) in [7, 11) is 0. The van der Waals surface area contributed by atoms with Gasteiger partial charge in [-0.2, -0.15) is 0 Å². The van der Waals surface area contributed by atoms with Crippen molar-refractivity contribution < 1.29 is 15.3 Å². The highest BCUT2D eigenvalue weighted by molar-refractivity contribution is 4.67. The normalized spacial score (nSPS) is 14.3. The van der Waals surface area contributed by atoms with Gasteiger partial charge in [0.25, 0.3) is 0 Å². The Morgan fingerprint density at radius 1 is 0.571 bits per heavy atom. The fraction of sp³-hybridized carbons (Fsp3) is 1.00. The Labute approximate surface area is 131 Å². The number of aliphatic hydroxyl groups excluding tert-OH is 3. The van der Waals surface area contributed by atoms with E-state index in [2.05, 4.69) is 6.92 Å². The monoisotopic (exact) mass is 302 g/mol. The maximum absolute atomic E-state index is 9.87. The summed E-state index contributed by atoms with van der Waals surface area (Å²) in [4.78, 5) is 0. The lowest BCUT2D eigenvalue weighted by Crippen LogP contribution is -2.25. The Morgan fingerprint density at radius 2 is 0.952 bits per heavy atom. The van der Waals surface area contributed by atoms with Gasteiger partial charge in [-0.1, -0.05) is 77.6 Å². The van der Waals surface area contributed by atoms with Crippen molar-refractivity contribution in [1.29, 1.82) is 0 Å². The highest BCUT2D eigenvalue weighted by Gasteiger charge is 2.14. The third-order valence-corrected chi connectivity index (χ3v) is 4.21. The molecule has 0 amide bonds. The Morgan fingerprint density at radius 3 is 1.38 bits per heavy atom. The van der Waals surface area contributed by atoms with Gasteiger partial charge in [0.2, 0.25) is 0 Å². The van der Waals surface area contributed by atoms with Crippen molar-refractivity contribution in [2.45, 2.75) is 109 Å². The zero-order chi connectivity index (χ0) is 15.8. The number of hydrogen-bond acceptors (Lipinski definition) is 3. The molecule has 21 heavy (non-hydrogen) atoms. The number of aliphatic hydroxyl groups is 3. The van der Waals surface area contributed by atoms with Crippen molar-refractivity contribution in [1.82, 2.24) is 0 Å². The molecular weight excluding hydrogens is 264 g/mol. The van der Waals surface area contributed by atoms with Gasteiger partial charge < -0.3 is 15.3 Å². The summed E-state index contributed by atoms with van der Waals surface area (Å²) in [6.07, 6.45) is 14.3. The molecular formula is C18H38O3. The Bertz CT molecular complexity index is 197. The van der Waals surface area contributed by atoms with Crippen molar-refractivity contribution in [3.63, 3.8) is 0 Å². The maximum Gasteiger partial charge on any atom is 0.0799 e. The molecule has 0 aliphatic carbocycles. The van der Waals surface area contributed by atoms with Crippen LogP contribution in [-0.2, 0) is 0 Å². The van der Waals surface area contributed by atoms with Crippen molar-refractivity contribution in [2.24, 2.45) is 0 Å². The summed E-state index contributed by atoms with van der Waals surface area (Å²) >= 11 is 0. The quantitative estimate of drug-likeness (QED) is 0.375. The van der Waals surface area contributed by atoms with E-state index in [1.165, 1.54) is 51.4 Å². The van der Waals surface area contributed by atoms with Crippen LogP contribution in [0.25, 0.3) is 0 Å². The molecule has 0 spiro atoms. The third kappa shape index (κ3) is 14.6. The molecule has 0 radical (unpaired) electrons. The standard InChI is InChI=1S/C18H38O3/c1-2-3-4-5-6-7-8-9-11-14-17(20)18(21)15-12-10-13-16-19/h17-21H,2-16H2,1H3. The van der Waals surface area contributed by atoms with Gasteiger partial charge in [0, 0.05) is 6.61 Å². The second kappa shape index (κ2) is 16.3. The minimum Gasteiger partial charge on any atom is -0.396 e. The summed E-state index contributed by atoms with van der Waals surface area (Å²) in [5, 5.41) is 28.4. The average molecular weight is 302 g/mol. The van der Waals surface area contributed by atoms with Gasteiger partial charge in [-0.25, -0.2) is 0 Å². The van der Waals surface area contributed by atoms with Gasteiger partial charge in [0.15, 0.2) is 0 Å². The van der Waals surface area contributed by atoms with Gasteiger partial charge in [-0.15, -0.1) is 0 Å². The molecule has 0 aromatic carbocycles. The van der Waals surface area contributed by atoms with Crippen LogP contribution in [0.1, 0.15) is 96.8 Å². The van der Waals surface area contributed by atoms with Crippen LogP contribution in [0.3, 0.4) is 0 Å². The van der Waals surface area contributed by atoms with E-state index in [-0.39, 0.29) is 6.61 Å². The van der Waals surface area contributed by atoms with Crippen LogP contribution in [0.4, 0.5) is 0 Å². The Balaban J connectivity index is 3.30. The van der Waals surface area contributed by atoms with E-state index in [1.54, 1.807) is 0 Å². The van der Waals surface area contributed by atoms with Crippen molar-refractivity contribution in [3.8, 4) is 0 Å². The molecule has 3 heteroatoms. The predicted molar refractivity (Wildman–Crippen MR) is 89.4 cm³/mol. The van der Waals surface area contributed by atoms with Gasteiger partial charge in [-0.3, -0.25) is 0 Å². The van der Waals surface area contributed by atoms with E-state index >= 15 is 0 Å². The Hall–Kier alpha value is -0.120. The van der Waals surface area contributed by atoms with Crippen LogP contribution >= 0.6 is 0 Å². The van der Waals surface area contributed by atoms with Crippen LogP contribution in [0.5, 0.6) is 0 Å². The van der Waals surface area contributed by atoms with Crippen LogP contribution in [0.2, 0.25) is 0 Å². The molecule has 0 aromatic heterocycles. The van der Waals surface area contributed by atoms with E-state index < -0.39 is 12.2 Å². The van der Waals surface area contributed by atoms with Crippen LogP contribution in [-0.4, -0.2) is 34.1 Å². The molecule has 2 atom stereocenters. The molecule has 0 fully saturated rings. The predicted octanol–water partition coefficient (Wildman–Crippen LogP) is 4.18. The minimum atomic E-state index is -0.585. The zero-order valence-corrected chi connectivity index (χ0v) is 14.1. The number of rotatable bonds is 16. The molecule has 3 N–H and O–H groups in total. The van der Waals surface area contributed by atoms with E-state index in [0.29, 0.717) is 6.42 Å². The SMILES string of the molecule is CCCCCCCCCCCC(O)C(O)CCCCCO. The lowest BCUT2D eigenvalue weighted by molar-refractivity contribution is 0.00699. The van der Waals surface area contributed by atoms with Crippen molar-refractivity contribution in [3.05, 3.63) is 0 Å². The molecule has 0 aliphatic rings. The second-order valence-corrected chi connectivity index (χ2v) is 6.32. The summed E-state index contributed by atoms with van der Waals surface area (Å²) in [6, 6.07) is 0. The third-order valence-electron chi connectivity index (χ3n) is 4.21. The van der Waals surface area contributed by atoms with Gasteiger partial charge >= 0.3 is 0 Å². The van der Waals surface area contributed by atoms with E-state index in [0.717, 1.165) is 32.1 Å². The molecule has 0 heterocycles. The van der Waals surface area contributed by atoms with Gasteiger partial charge in [-0.05, 0) is 19.3 Å². The first-order valence-electron chi connectivity index (χ1n) is 9.19. The highest BCUT2D eigenvalue weighted by atomic mass is 16.3.